The van der Waals surface area contributed by atoms with Gasteiger partial charge in [-0.25, -0.2) is 19.3 Å². The fourth-order valence-corrected chi connectivity index (χ4v) is 7.23. The Kier molecular flexibility index (Phi) is 8.87. The molecule has 3 aromatic carbocycles. The van der Waals surface area contributed by atoms with Crippen molar-refractivity contribution in [1.29, 1.82) is 0 Å². The van der Waals surface area contributed by atoms with Crippen LogP contribution in [0.1, 0.15) is 64.7 Å². The van der Waals surface area contributed by atoms with Crippen LogP contribution in [0.5, 0.6) is 5.88 Å². The minimum atomic E-state index is -3.42. The fraction of sp³-hybridized carbons (Fsp3) is 0.300. The molecule has 0 bridgehead atoms. The second-order valence-electron chi connectivity index (χ2n) is 14.0. The van der Waals surface area contributed by atoms with Crippen molar-refractivity contribution in [3.63, 3.8) is 0 Å². The van der Waals surface area contributed by atoms with Crippen LogP contribution >= 0.6 is 11.6 Å². The van der Waals surface area contributed by atoms with E-state index in [9.17, 15) is 9.18 Å². The van der Waals surface area contributed by atoms with Crippen LogP contribution in [0.15, 0.2) is 78.9 Å². The van der Waals surface area contributed by atoms with E-state index >= 15 is 8.78 Å². The summed E-state index contributed by atoms with van der Waals surface area (Å²) in [4.78, 5) is 23.5. The standard InChI is InChI=1S/C40H35ClF3N7O3/c41-27-8-6-26(31(42)19-27)22-54-36-3-1-2-32(46-36)23-12-15-50(16-13-23)40(43,44)39-47-34-20-28(9-11-35(34)51(39)21-29-14-17-53-29)45-38(52)25-7-10-33-30(18-25)37(49-48-33)24-4-5-24/h1-3,6-12,18-20,24,29H,4-5,13-17,21-22H2,(H,45,52)(H,48,49)/t29-/m0/s1. The summed E-state index contributed by atoms with van der Waals surface area (Å²) in [6, 6.07) is 16.6. The molecule has 2 N–H and O–H groups in total. The van der Waals surface area contributed by atoms with Crippen molar-refractivity contribution in [1.82, 2.24) is 29.6 Å². The Balaban J connectivity index is 0.933. The molecule has 5 heterocycles. The zero-order chi connectivity index (χ0) is 37.0. The first-order valence-corrected chi connectivity index (χ1v) is 18.4. The van der Waals surface area contributed by atoms with Crippen molar-refractivity contribution in [3.05, 3.63) is 118 Å². The van der Waals surface area contributed by atoms with Crippen LogP contribution in [-0.2, 0) is 23.9 Å². The third kappa shape index (κ3) is 6.71. The number of aromatic amines is 1. The fourth-order valence-electron chi connectivity index (χ4n) is 7.07. The number of aromatic nitrogens is 5. The van der Waals surface area contributed by atoms with E-state index < -0.39 is 11.9 Å². The van der Waals surface area contributed by atoms with Gasteiger partial charge in [0.05, 0.1) is 34.9 Å². The molecule has 3 aliphatic rings. The molecular formula is C40H35ClF3N7O3. The number of alkyl halides is 2. The highest BCUT2D eigenvalue weighted by Crippen LogP contribution is 2.42. The number of ether oxygens (including phenoxy) is 2. The van der Waals surface area contributed by atoms with Crippen molar-refractivity contribution in [2.24, 2.45) is 0 Å². The van der Waals surface area contributed by atoms with E-state index in [1.165, 1.54) is 6.07 Å². The number of anilines is 1. The van der Waals surface area contributed by atoms with Gasteiger partial charge in [0, 0.05) is 64.6 Å². The van der Waals surface area contributed by atoms with Gasteiger partial charge in [-0.1, -0.05) is 29.8 Å². The average Bonchev–Trinajstić information content (AvgIpc) is 3.80. The van der Waals surface area contributed by atoms with Crippen molar-refractivity contribution >= 4 is 50.7 Å². The Hall–Kier alpha value is -5.24. The largest absolute Gasteiger partial charge is 0.473 e. The molecule has 10 nitrogen and oxygen atoms in total. The third-order valence-corrected chi connectivity index (χ3v) is 10.6. The summed E-state index contributed by atoms with van der Waals surface area (Å²) < 4.78 is 60.3. The van der Waals surface area contributed by atoms with Crippen molar-refractivity contribution in [3.8, 4) is 5.88 Å². The number of imidazole rings is 1. The normalized spacial score (nSPS) is 17.8. The van der Waals surface area contributed by atoms with Crippen LogP contribution in [0.3, 0.4) is 0 Å². The van der Waals surface area contributed by atoms with Crippen LogP contribution in [0.25, 0.3) is 27.5 Å². The van der Waals surface area contributed by atoms with E-state index in [1.807, 2.05) is 12.1 Å². The van der Waals surface area contributed by atoms with Crippen molar-refractivity contribution < 1.29 is 27.4 Å². The molecule has 1 saturated heterocycles. The number of hydrogen-bond donors (Lipinski definition) is 2. The number of carbonyl (C=O) groups excluding carboxylic acids is 1. The minimum absolute atomic E-state index is 0.0390. The summed E-state index contributed by atoms with van der Waals surface area (Å²) in [7, 11) is 0. The monoisotopic (exact) mass is 753 g/mol. The Morgan fingerprint density at radius 1 is 1.04 bits per heavy atom. The van der Waals surface area contributed by atoms with Gasteiger partial charge in [-0.15, -0.1) is 0 Å². The Labute approximate surface area is 312 Å². The second-order valence-corrected chi connectivity index (χ2v) is 14.4. The molecule has 1 aliphatic carbocycles. The van der Waals surface area contributed by atoms with E-state index in [2.05, 4.69) is 25.5 Å². The van der Waals surface area contributed by atoms with Gasteiger partial charge in [-0.05, 0) is 85.9 Å². The first-order chi connectivity index (χ1) is 26.2. The summed E-state index contributed by atoms with van der Waals surface area (Å²) in [5.74, 6) is -0.433. The molecule has 1 amide bonds. The number of benzene rings is 3. The lowest BCUT2D eigenvalue weighted by molar-refractivity contribution is -0.160. The molecule has 2 fully saturated rings. The molecule has 0 radical (unpaired) electrons. The van der Waals surface area contributed by atoms with Gasteiger partial charge in [0.25, 0.3) is 5.91 Å². The molecule has 2 aliphatic heterocycles. The van der Waals surface area contributed by atoms with Gasteiger partial charge in [0.2, 0.25) is 5.88 Å². The van der Waals surface area contributed by atoms with Gasteiger partial charge in [0.1, 0.15) is 12.4 Å². The Morgan fingerprint density at radius 2 is 1.91 bits per heavy atom. The predicted octanol–water partition coefficient (Wildman–Crippen LogP) is 8.44. The molecule has 14 heteroatoms. The Bertz CT molecular complexity index is 2440. The lowest BCUT2D eigenvalue weighted by Gasteiger charge is -2.34. The topological polar surface area (TPSA) is 110 Å². The molecular weight excluding hydrogens is 719 g/mol. The van der Waals surface area contributed by atoms with Crippen LogP contribution in [0.4, 0.5) is 18.9 Å². The highest BCUT2D eigenvalue weighted by Gasteiger charge is 2.45. The number of halogens is 4. The molecule has 276 valence electrons. The average molecular weight is 754 g/mol. The molecule has 6 aromatic rings. The summed E-state index contributed by atoms with van der Waals surface area (Å²) in [6.07, 6.45) is 4.83. The number of hydrogen-bond acceptors (Lipinski definition) is 7. The highest BCUT2D eigenvalue weighted by molar-refractivity contribution is 6.30. The molecule has 54 heavy (non-hydrogen) atoms. The van der Waals surface area contributed by atoms with E-state index in [0.717, 1.165) is 46.3 Å². The molecule has 3 aromatic heterocycles. The third-order valence-electron chi connectivity index (χ3n) is 10.3. The first-order valence-electron chi connectivity index (χ1n) is 18.0. The lowest BCUT2D eigenvalue weighted by Crippen LogP contribution is -2.44. The number of H-pyrrole nitrogens is 1. The number of carbonyl (C=O) groups is 1. The zero-order valence-electron chi connectivity index (χ0n) is 29.0. The molecule has 0 unspecified atom stereocenters. The molecule has 1 saturated carbocycles. The molecule has 0 spiro atoms. The number of fused-ring (bicyclic) bond motifs is 2. The smallest absolute Gasteiger partial charge is 0.364 e. The quantitative estimate of drug-likeness (QED) is 0.128. The van der Waals surface area contributed by atoms with E-state index in [1.54, 1.807) is 65.2 Å². The van der Waals surface area contributed by atoms with Gasteiger partial charge < -0.3 is 19.4 Å². The van der Waals surface area contributed by atoms with Crippen LogP contribution < -0.4 is 10.1 Å². The van der Waals surface area contributed by atoms with Gasteiger partial charge in [-0.3, -0.25) is 9.89 Å². The maximum Gasteiger partial charge on any atom is 0.364 e. The number of rotatable bonds is 11. The van der Waals surface area contributed by atoms with Crippen LogP contribution in [-0.4, -0.2) is 61.3 Å². The first kappa shape index (κ1) is 34.5. The SMILES string of the molecule is O=C(Nc1ccc2c(c1)nc(C(F)(F)N1CC=C(c3cccc(OCc4ccc(Cl)cc4F)n3)CC1)n2C[C@@H]1CCO1)c1ccc2n[nH]c(C3CC3)c2c1. The second kappa shape index (κ2) is 13.9. The molecule has 9 rings (SSSR count). The summed E-state index contributed by atoms with van der Waals surface area (Å²) in [5, 5.41) is 11.6. The van der Waals surface area contributed by atoms with Crippen LogP contribution in [0.2, 0.25) is 5.02 Å². The zero-order valence-corrected chi connectivity index (χ0v) is 29.8. The summed E-state index contributed by atoms with van der Waals surface area (Å²) >= 11 is 5.85. The predicted molar refractivity (Wildman–Crippen MR) is 198 cm³/mol. The minimum Gasteiger partial charge on any atom is -0.473 e. The maximum atomic E-state index is 16.6. The number of nitrogens with zero attached hydrogens (tertiary/aromatic N) is 5. The van der Waals surface area contributed by atoms with Crippen molar-refractivity contribution in [2.45, 2.75) is 56.9 Å². The lowest BCUT2D eigenvalue weighted by atomic mass is 10.0. The van der Waals surface area contributed by atoms with Gasteiger partial charge in [0.15, 0.2) is 5.82 Å². The van der Waals surface area contributed by atoms with Crippen molar-refractivity contribution in [2.75, 3.05) is 25.0 Å². The van der Waals surface area contributed by atoms with Crippen LogP contribution in [0, 0.1) is 5.82 Å². The van der Waals surface area contributed by atoms with E-state index in [4.69, 9.17) is 21.1 Å². The summed E-state index contributed by atoms with van der Waals surface area (Å²) in [5.41, 5.74) is 5.40. The van der Waals surface area contributed by atoms with E-state index in [-0.39, 0.29) is 44.1 Å². The Morgan fingerprint density at radius 3 is 2.67 bits per heavy atom. The highest BCUT2D eigenvalue weighted by atomic mass is 35.5. The number of amides is 1. The maximum absolute atomic E-state index is 16.6. The summed E-state index contributed by atoms with van der Waals surface area (Å²) in [6.45, 7) is 0.786. The number of nitrogens with one attached hydrogen (secondary N) is 2. The van der Waals surface area contributed by atoms with Gasteiger partial charge in [-0.2, -0.15) is 13.9 Å². The molecule has 1 atom stereocenters. The van der Waals surface area contributed by atoms with Gasteiger partial charge >= 0.3 is 6.05 Å². The number of pyridine rings is 1. The van der Waals surface area contributed by atoms with E-state index in [0.29, 0.717) is 63.4 Å².